The van der Waals surface area contributed by atoms with Crippen molar-refractivity contribution in [2.24, 2.45) is 4.99 Å². The van der Waals surface area contributed by atoms with Gasteiger partial charge in [-0.2, -0.15) is 0 Å². The molecule has 2 aromatic heterocycles. The lowest BCUT2D eigenvalue weighted by molar-refractivity contribution is 0.415. The SMILES string of the molecule is COc1cc(-c2ccc[nH]2)[nH]c1C=NC1Cc2ccccc2C1. The molecule has 1 aromatic carbocycles. The zero-order valence-electron chi connectivity index (χ0n) is 13.0. The van der Waals surface area contributed by atoms with Crippen molar-refractivity contribution in [3.05, 3.63) is 65.5 Å². The summed E-state index contributed by atoms with van der Waals surface area (Å²) >= 11 is 0. The van der Waals surface area contributed by atoms with Gasteiger partial charge in [-0.05, 0) is 36.1 Å². The van der Waals surface area contributed by atoms with Crippen LogP contribution in [0.2, 0.25) is 0 Å². The summed E-state index contributed by atoms with van der Waals surface area (Å²) in [6.07, 6.45) is 5.84. The van der Waals surface area contributed by atoms with Crippen LogP contribution < -0.4 is 4.74 Å². The lowest BCUT2D eigenvalue weighted by Crippen LogP contribution is -2.04. The second-order valence-corrected chi connectivity index (χ2v) is 5.86. The average molecular weight is 305 g/mol. The average Bonchev–Trinajstić information content (AvgIpc) is 3.30. The summed E-state index contributed by atoms with van der Waals surface area (Å²) < 4.78 is 5.46. The number of nitrogens with one attached hydrogen (secondary N) is 2. The smallest absolute Gasteiger partial charge is 0.146 e. The minimum absolute atomic E-state index is 0.314. The zero-order chi connectivity index (χ0) is 15.6. The number of aromatic amines is 2. The normalized spacial score (nSPS) is 14.5. The predicted molar refractivity (Wildman–Crippen MR) is 92.4 cm³/mol. The van der Waals surface area contributed by atoms with Crippen LogP contribution in [0.25, 0.3) is 11.4 Å². The molecule has 0 spiro atoms. The van der Waals surface area contributed by atoms with E-state index in [4.69, 9.17) is 9.73 Å². The number of fused-ring (bicyclic) bond motifs is 1. The molecule has 3 aromatic rings. The second kappa shape index (κ2) is 5.80. The second-order valence-electron chi connectivity index (χ2n) is 5.86. The van der Waals surface area contributed by atoms with Gasteiger partial charge in [-0.15, -0.1) is 0 Å². The highest BCUT2D eigenvalue weighted by Gasteiger charge is 2.19. The Bertz CT molecular complexity index is 805. The van der Waals surface area contributed by atoms with Crippen molar-refractivity contribution in [1.29, 1.82) is 0 Å². The Morgan fingerprint density at radius 3 is 2.52 bits per heavy atom. The van der Waals surface area contributed by atoms with E-state index in [9.17, 15) is 0 Å². The maximum absolute atomic E-state index is 5.46. The van der Waals surface area contributed by atoms with Crippen molar-refractivity contribution >= 4 is 6.21 Å². The topological polar surface area (TPSA) is 53.2 Å². The Morgan fingerprint density at radius 1 is 1.09 bits per heavy atom. The standard InChI is InChI=1S/C19H19N3O/c1-23-19-11-17(16-7-4-8-20-16)22-18(19)12-21-15-9-13-5-2-3-6-14(13)10-15/h2-8,11-12,15,20,22H,9-10H2,1H3. The van der Waals surface area contributed by atoms with Gasteiger partial charge in [-0.1, -0.05) is 24.3 Å². The molecule has 4 rings (SSSR count). The molecular formula is C19H19N3O. The fourth-order valence-corrected chi connectivity index (χ4v) is 3.18. The number of H-pyrrole nitrogens is 2. The third-order valence-corrected chi connectivity index (χ3v) is 4.36. The number of aromatic nitrogens is 2. The van der Waals surface area contributed by atoms with Gasteiger partial charge in [0.1, 0.15) is 5.75 Å². The number of aliphatic imine (C=N–C) groups is 1. The van der Waals surface area contributed by atoms with Crippen LogP contribution in [0.5, 0.6) is 5.75 Å². The Morgan fingerprint density at radius 2 is 1.87 bits per heavy atom. The quantitative estimate of drug-likeness (QED) is 0.711. The van der Waals surface area contributed by atoms with Crippen molar-refractivity contribution in [2.75, 3.05) is 7.11 Å². The molecule has 0 unspecified atom stereocenters. The Hall–Kier alpha value is -2.75. The first kappa shape index (κ1) is 13.9. The van der Waals surface area contributed by atoms with Gasteiger partial charge >= 0.3 is 0 Å². The van der Waals surface area contributed by atoms with Crippen molar-refractivity contribution in [2.45, 2.75) is 18.9 Å². The van der Waals surface area contributed by atoms with Gasteiger partial charge in [0.2, 0.25) is 0 Å². The summed E-state index contributed by atoms with van der Waals surface area (Å²) in [6.45, 7) is 0. The molecule has 0 bridgehead atoms. The van der Waals surface area contributed by atoms with Crippen LogP contribution in [0.15, 0.2) is 53.7 Å². The van der Waals surface area contributed by atoms with E-state index in [0.717, 1.165) is 35.7 Å². The monoisotopic (exact) mass is 305 g/mol. The molecule has 1 aliphatic rings. The summed E-state index contributed by atoms with van der Waals surface area (Å²) in [5.74, 6) is 0.814. The number of hydrogen-bond donors (Lipinski definition) is 2. The van der Waals surface area contributed by atoms with Crippen LogP contribution in [0.1, 0.15) is 16.8 Å². The molecule has 23 heavy (non-hydrogen) atoms. The molecule has 0 fully saturated rings. The molecule has 0 atom stereocenters. The number of ether oxygens (including phenoxy) is 1. The molecule has 0 amide bonds. The van der Waals surface area contributed by atoms with Crippen LogP contribution in [0.3, 0.4) is 0 Å². The van der Waals surface area contributed by atoms with Crippen molar-refractivity contribution < 1.29 is 4.74 Å². The van der Waals surface area contributed by atoms with Crippen molar-refractivity contribution in [3.8, 4) is 17.1 Å². The number of hydrogen-bond acceptors (Lipinski definition) is 2. The Balaban J connectivity index is 1.55. The van der Waals surface area contributed by atoms with E-state index in [2.05, 4.69) is 34.2 Å². The molecule has 2 N–H and O–H groups in total. The summed E-state index contributed by atoms with van der Waals surface area (Å²) in [4.78, 5) is 11.3. The van der Waals surface area contributed by atoms with Gasteiger partial charge < -0.3 is 14.7 Å². The highest BCUT2D eigenvalue weighted by Crippen LogP contribution is 2.27. The zero-order valence-corrected chi connectivity index (χ0v) is 13.0. The Kier molecular flexibility index (Phi) is 3.50. The summed E-state index contributed by atoms with van der Waals surface area (Å²) in [7, 11) is 1.68. The summed E-state index contributed by atoms with van der Waals surface area (Å²) in [5, 5.41) is 0. The maximum atomic E-state index is 5.46. The van der Waals surface area contributed by atoms with Crippen LogP contribution in [-0.2, 0) is 12.8 Å². The summed E-state index contributed by atoms with van der Waals surface area (Å²) in [5.41, 5.74) is 5.78. The first-order chi connectivity index (χ1) is 11.3. The maximum Gasteiger partial charge on any atom is 0.146 e. The minimum atomic E-state index is 0.314. The number of rotatable bonds is 4. The lowest BCUT2D eigenvalue weighted by atomic mass is 10.1. The van der Waals surface area contributed by atoms with Crippen molar-refractivity contribution in [3.63, 3.8) is 0 Å². The molecule has 116 valence electrons. The molecule has 0 radical (unpaired) electrons. The third-order valence-electron chi connectivity index (χ3n) is 4.36. The molecule has 2 heterocycles. The first-order valence-electron chi connectivity index (χ1n) is 7.84. The van der Waals surface area contributed by atoms with E-state index in [1.165, 1.54) is 11.1 Å². The van der Waals surface area contributed by atoms with Gasteiger partial charge in [0.05, 0.1) is 30.2 Å². The van der Waals surface area contributed by atoms with Crippen LogP contribution in [0.4, 0.5) is 0 Å². The largest absolute Gasteiger partial charge is 0.494 e. The summed E-state index contributed by atoms with van der Waals surface area (Å²) in [6, 6.07) is 14.9. The van der Waals surface area contributed by atoms with Crippen molar-refractivity contribution in [1.82, 2.24) is 9.97 Å². The fraction of sp³-hybridized carbons (Fsp3) is 0.211. The van der Waals surface area contributed by atoms with Gasteiger partial charge in [0.15, 0.2) is 0 Å². The van der Waals surface area contributed by atoms with E-state index >= 15 is 0 Å². The highest BCUT2D eigenvalue weighted by atomic mass is 16.5. The molecular weight excluding hydrogens is 286 g/mol. The number of nitrogens with zero attached hydrogens (tertiary/aromatic N) is 1. The van der Waals surface area contributed by atoms with E-state index < -0.39 is 0 Å². The first-order valence-corrected chi connectivity index (χ1v) is 7.84. The number of methoxy groups -OCH3 is 1. The van der Waals surface area contributed by atoms with E-state index in [0.29, 0.717) is 6.04 Å². The van der Waals surface area contributed by atoms with Crippen LogP contribution in [-0.4, -0.2) is 29.3 Å². The van der Waals surface area contributed by atoms with Crippen LogP contribution in [0, 0.1) is 0 Å². The fourth-order valence-electron chi connectivity index (χ4n) is 3.18. The Labute approximate surface area is 135 Å². The van der Waals surface area contributed by atoms with E-state index in [-0.39, 0.29) is 0 Å². The van der Waals surface area contributed by atoms with Gasteiger partial charge in [-0.25, -0.2) is 0 Å². The lowest BCUT2D eigenvalue weighted by Gasteiger charge is -2.01. The molecule has 0 aliphatic heterocycles. The minimum Gasteiger partial charge on any atom is -0.494 e. The van der Waals surface area contributed by atoms with Gasteiger partial charge in [0, 0.05) is 18.5 Å². The molecule has 4 nitrogen and oxygen atoms in total. The predicted octanol–water partition coefficient (Wildman–Crippen LogP) is 3.60. The van der Waals surface area contributed by atoms with Gasteiger partial charge in [-0.3, -0.25) is 4.99 Å². The third kappa shape index (κ3) is 2.68. The highest BCUT2D eigenvalue weighted by molar-refractivity contribution is 5.83. The van der Waals surface area contributed by atoms with E-state index in [1.54, 1.807) is 7.11 Å². The van der Waals surface area contributed by atoms with Gasteiger partial charge in [0.25, 0.3) is 0 Å². The molecule has 4 heteroatoms. The van der Waals surface area contributed by atoms with Crippen LogP contribution >= 0.6 is 0 Å². The molecule has 1 aliphatic carbocycles. The number of benzene rings is 1. The molecule has 0 saturated heterocycles. The van der Waals surface area contributed by atoms with E-state index in [1.807, 2.05) is 30.6 Å². The molecule has 0 saturated carbocycles.